The Morgan fingerprint density at radius 2 is 2.29 bits per heavy atom. The van der Waals surface area contributed by atoms with Crippen LogP contribution in [0, 0.1) is 0 Å². The minimum absolute atomic E-state index is 0.350. The Labute approximate surface area is 50.5 Å². The first-order valence-corrected chi connectivity index (χ1v) is 3.12. The van der Waals surface area contributed by atoms with Crippen LogP contribution in [0.15, 0.2) is 0 Å². The van der Waals surface area contributed by atoms with Gasteiger partial charge < -0.3 is 4.74 Å². The number of methoxy groups -OCH3 is 1. The maximum absolute atomic E-state index is 4.97. The summed E-state index contributed by atoms with van der Waals surface area (Å²) in [4.78, 5) is 0. The molecule has 0 fully saturated rings. The molecule has 7 heavy (non-hydrogen) atoms. The fraction of sp³-hybridized carbons (Fsp3) is 1.00. The number of hydrogen-bond donors (Lipinski definition) is 1. The largest absolute Gasteiger partial charge is 0.381 e. The molecule has 0 saturated carbocycles. The van der Waals surface area contributed by atoms with Gasteiger partial charge in [-0.2, -0.15) is 12.6 Å². The Balaban J connectivity index is 2.99. The van der Waals surface area contributed by atoms with Crippen LogP contribution in [0.2, 0.25) is 0 Å². The first kappa shape index (κ1) is 7.31. The highest BCUT2D eigenvalue weighted by atomic mass is 32.1. The second-order valence-corrected chi connectivity index (χ2v) is 1.81. The van der Waals surface area contributed by atoms with Gasteiger partial charge in [-0.1, -0.05) is 6.92 Å². The Morgan fingerprint density at radius 3 is 2.29 bits per heavy atom. The van der Waals surface area contributed by atoms with E-state index in [-0.39, 0.29) is 0 Å². The molecule has 1 unspecified atom stereocenters. The zero-order valence-electron chi connectivity index (χ0n) is 4.85. The maximum Gasteiger partial charge on any atom is 0.0656 e. The zero-order valence-corrected chi connectivity index (χ0v) is 5.74. The van der Waals surface area contributed by atoms with Crippen LogP contribution in [0.1, 0.15) is 13.3 Å². The third-order valence-corrected chi connectivity index (χ3v) is 1.40. The van der Waals surface area contributed by atoms with Crippen molar-refractivity contribution in [2.75, 3.05) is 12.9 Å². The third-order valence-electron chi connectivity index (χ3n) is 0.992. The Kier molecular flexibility index (Phi) is 4.67. The minimum Gasteiger partial charge on any atom is -0.381 e. The zero-order chi connectivity index (χ0) is 5.70. The lowest BCUT2D eigenvalue weighted by Crippen LogP contribution is -2.09. The van der Waals surface area contributed by atoms with Crippen LogP contribution in [0.25, 0.3) is 0 Å². The van der Waals surface area contributed by atoms with Crippen LogP contribution in [-0.2, 0) is 4.74 Å². The van der Waals surface area contributed by atoms with E-state index in [1.807, 2.05) is 0 Å². The number of ether oxygens (including phenoxy) is 1. The molecule has 2 heteroatoms. The van der Waals surface area contributed by atoms with Crippen LogP contribution >= 0.6 is 12.6 Å². The van der Waals surface area contributed by atoms with E-state index in [1.165, 1.54) is 0 Å². The Hall–Kier alpha value is 0.310. The number of rotatable bonds is 3. The summed E-state index contributed by atoms with van der Waals surface area (Å²) in [5.74, 6) is 0.826. The third kappa shape index (κ3) is 2.94. The lowest BCUT2D eigenvalue weighted by Gasteiger charge is -2.06. The summed E-state index contributed by atoms with van der Waals surface area (Å²) in [5, 5.41) is 0. The normalized spacial score (nSPS) is 14.1. The molecule has 0 aliphatic carbocycles. The van der Waals surface area contributed by atoms with E-state index in [9.17, 15) is 0 Å². The van der Waals surface area contributed by atoms with E-state index in [0.717, 1.165) is 12.2 Å². The molecule has 0 saturated heterocycles. The fourth-order valence-electron chi connectivity index (χ4n) is 0.370. The fourth-order valence-corrected chi connectivity index (χ4v) is 0.778. The van der Waals surface area contributed by atoms with Gasteiger partial charge in [0.1, 0.15) is 0 Å². The lowest BCUT2D eigenvalue weighted by atomic mass is 10.3. The molecule has 44 valence electrons. The molecular formula is C5H12OS. The molecule has 0 aromatic carbocycles. The van der Waals surface area contributed by atoms with E-state index in [2.05, 4.69) is 19.6 Å². The van der Waals surface area contributed by atoms with E-state index < -0.39 is 0 Å². The summed E-state index contributed by atoms with van der Waals surface area (Å²) in [6.45, 7) is 2.09. The monoisotopic (exact) mass is 120 g/mol. The van der Waals surface area contributed by atoms with Crippen LogP contribution < -0.4 is 0 Å². The van der Waals surface area contributed by atoms with E-state index >= 15 is 0 Å². The van der Waals surface area contributed by atoms with Crippen LogP contribution in [0.3, 0.4) is 0 Å². The summed E-state index contributed by atoms with van der Waals surface area (Å²) in [6.07, 6.45) is 1.41. The summed E-state index contributed by atoms with van der Waals surface area (Å²) in [6, 6.07) is 0. The van der Waals surface area contributed by atoms with Gasteiger partial charge in [0.15, 0.2) is 0 Å². The van der Waals surface area contributed by atoms with Gasteiger partial charge in [0.25, 0.3) is 0 Å². The highest BCUT2D eigenvalue weighted by Crippen LogP contribution is 1.96. The first-order chi connectivity index (χ1) is 3.35. The van der Waals surface area contributed by atoms with Crippen molar-refractivity contribution in [3.05, 3.63) is 0 Å². The molecule has 1 nitrogen and oxygen atoms in total. The second kappa shape index (κ2) is 4.47. The molecule has 0 aromatic heterocycles. The second-order valence-electron chi connectivity index (χ2n) is 1.45. The average molecular weight is 120 g/mol. The van der Waals surface area contributed by atoms with Crippen LogP contribution in [0.4, 0.5) is 0 Å². The predicted molar refractivity (Wildman–Crippen MR) is 34.9 cm³/mol. The van der Waals surface area contributed by atoms with Crippen molar-refractivity contribution in [3.63, 3.8) is 0 Å². The average Bonchev–Trinajstić information content (AvgIpc) is 1.72. The molecule has 0 radical (unpaired) electrons. The lowest BCUT2D eigenvalue weighted by molar-refractivity contribution is 0.119. The van der Waals surface area contributed by atoms with Crippen molar-refractivity contribution in [2.24, 2.45) is 0 Å². The molecule has 0 rings (SSSR count). The maximum atomic E-state index is 4.97. The quantitative estimate of drug-likeness (QED) is 0.553. The van der Waals surface area contributed by atoms with E-state index in [0.29, 0.717) is 6.10 Å². The summed E-state index contributed by atoms with van der Waals surface area (Å²) < 4.78 is 4.97. The van der Waals surface area contributed by atoms with Crippen LogP contribution in [-0.4, -0.2) is 19.0 Å². The summed E-state index contributed by atoms with van der Waals surface area (Å²) >= 11 is 4.05. The van der Waals surface area contributed by atoms with Gasteiger partial charge in [-0.3, -0.25) is 0 Å². The highest BCUT2D eigenvalue weighted by Gasteiger charge is 1.96. The summed E-state index contributed by atoms with van der Waals surface area (Å²) in [7, 11) is 1.71. The molecular weight excluding hydrogens is 108 g/mol. The SMILES string of the molecule is CCC(CS)OC. The topological polar surface area (TPSA) is 9.23 Å². The molecule has 0 heterocycles. The Morgan fingerprint density at radius 1 is 1.71 bits per heavy atom. The molecule has 0 N–H and O–H groups in total. The molecule has 0 aliphatic heterocycles. The van der Waals surface area contributed by atoms with E-state index in [4.69, 9.17) is 4.74 Å². The molecule has 0 aromatic rings. The summed E-state index contributed by atoms with van der Waals surface area (Å²) in [5.41, 5.74) is 0. The van der Waals surface area contributed by atoms with Crippen molar-refractivity contribution >= 4 is 12.6 Å². The standard InChI is InChI=1S/C5H12OS/c1-3-5(4-7)6-2/h5,7H,3-4H2,1-2H3. The van der Waals surface area contributed by atoms with Gasteiger partial charge in [-0.05, 0) is 6.42 Å². The van der Waals surface area contributed by atoms with Gasteiger partial charge in [0.05, 0.1) is 6.10 Å². The van der Waals surface area contributed by atoms with Gasteiger partial charge in [0, 0.05) is 12.9 Å². The molecule has 0 amide bonds. The van der Waals surface area contributed by atoms with Crippen molar-refractivity contribution in [1.29, 1.82) is 0 Å². The first-order valence-electron chi connectivity index (χ1n) is 2.48. The van der Waals surface area contributed by atoms with Crippen molar-refractivity contribution in [1.82, 2.24) is 0 Å². The van der Waals surface area contributed by atoms with Crippen molar-refractivity contribution < 1.29 is 4.74 Å². The number of hydrogen-bond acceptors (Lipinski definition) is 2. The van der Waals surface area contributed by atoms with E-state index in [1.54, 1.807) is 7.11 Å². The predicted octanol–water partition coefficient (Wildman–Crippen LogP) is 1.34. The van der Waals surface area contributed by atoms with Gasteiger partial charge >= 0.3 is 0 Å². The smallest absolute Gasteiger partial charge is 0.0656 e. The molecule has 0 aliphatic rings. The molecule has 0 bridgehead atoms. The van der Waals surface area contributed by atoms with Crippen molar-refractivity contribution in [2.45, 2.75) is 19.4 Å². The van der Waals surface area contributed by atoms with Gasteiger partial charge in [-0.15, -0.1) is 0 Å². The Bertz CT molecular complexity index is 29.6. The van der Waals surface area contributed by atoms with Gasteiger partial charge in [-0.25, -0.2) is 0 Å². The highest BCUT2D eigenvalue weighted by molar-refractivity contribution is 7.80. The van der Waals surface area contributed by atoms with Crippen LogP contribution in [0.5, 0.6) is 0 Å². The number of thiol groups is 1. The van der Waals surface area contributed by atoms with Gasteiger partial charge in [0.2, 0.25) is 0 Å². The minimum atomic E-state index is 0.350. The molecule has 0 spiro atoms. The molecule has 1 atom stereocenters. The van der Waals surface area contributed by atoms with Crippen molar-refractivity contribution in [3.8, 4) is 0 Å².